The SMILES string of the molecule is CC(NC(=O)c1ccc(Cl)c([N+](=O)[O-])c1)c1ccncc1. The minimum atomic E-state index is -0.620. The fourth-order valence-corrected chi connectivity index (χ4v) is 2.00. The van der Waals surface area contributed by atoms with E-state index in [0.29, 0.717) is 0 Å². The third kappa shape index (κ3) is 3.55. The van der Waals surface area contributed by atoms with Gasteiger partial charge in [-0.1, -0.05) is 11.6 Å². The summed E-state index contributed by atoms with van der Waals surface area (Å²) < 4.78 is 0. The monoisotopic (exact) mass is 305 g/mol. The summed E-state index contributed by atoms with van der Waals surface area (Å²) in [6.45, 7) is 1.82. The molecule has 0 aliphatic rings. The van der Waals surface area contributed by atoms with Crippen molar-refractivity contribution in [3.05, 3.63) is 69.0 Å². The highest BCUT2D eigenvalue weighted by atomic mass is 35.5. The number of pyridine rings is 1. The maximum atomic E-state index is 12.1. The smallest absolute Gasteiger partial charge is 0.288 e. The summed E-state index contributed by atoms with van der Waals surface area (Å²) in [5.74, 6) is -0.404. The maximum absolute atomic E-state index is 12.1. The van der Waals surface area contributed by atoms with Gasteiger partial charge in [0, 0.05) is 24.0 Å². The maximum Gasteiger partial charge on any atom is 0.288 e. The van der Waals surface area contributed by atoms with Gasteiger partial charge in [0.25, 0.3) is 11.6 Å². The van der Waals surface area contributed by atoms with E-state index < -0.39 is 10.8 Å². The van der Waals surface area contributed by atoms with E-state index in [1.54, 1.807) is 24.5 Å². The zero-order valence-corrected chi connectivity index (χ0v) is 11.9. The van der Waals surface area contributed by atoms with Crippen LogP contribution in [0.2, 0.25) is 5.02 Å². The van der Waals surface area contributed by atoms with Crippen LogP contribution in [0.5, 0.6) is 0 Å². The molecule has 1 unspecified atom stereocenters. The quantitative estimate of drug-likeness (QED) is 0.694. The molecule has 0 saturated heterocycles. The number of aromatic nitrogens is 1. The van der Waals surface area contributed by atoms with E-state index in [0.717, 1.165) is 11.6 Å². The molecule has 1 heterocycles. The van der Waals surface area contributed by atoms with Crippen molar-refractivity contribution in [2.75, 3.05) is 0 Å². The second-order valence-electron chi connectivity index (χ2n) is 4.40. The summed E-state index contributed by atoms with van der Waals surface area (Å²) in [4.78, 5) is 26.2. The summed E-state index contributed by atoms with van der Waals surface area (Å²) in [6.07, 6.45) is 3.26. The Morgan fingerprint density at radius 3 is 2.62 bits per heavy atom. The molecule has 6 nitrogen and oxygen atoms in total. The predicted octanol–water partition coefficient (Wildman–Crippen LogP) is 3.13. The Kier molecular flexibility index (Phi) is 4.49. The molecular formula is C14H12ClN3O3. The van der Waals surface area contributed by atoms with E-state index in [1.807, 2.05) is 6.92 Å². The first-order chi connectivity index (χ1) is 9.99. The molecule has 1 aromatic carbocycles. The van der Waals surface area contributed by atoms with Crippen LogP contribution in [0.25, 0.3) is 0 Å². The Hall–Kier alpha value is -2.47. The van der Waals surface area contributed by atoms with Crippen molar-refractivity contribution in [3.8, 4) is 0 Å². The van der Waals surface area contributed by atoms with Gasteiger partial charge in [0.1, 0.15) is 5.02 Å². The van der Waals surface area contributed by atoms with Crippen LogP contribution in [0.15, 0.2) is 42.7 Å². The van der Waals surface area contributed by atoms with Crippen LogP contribution in [0, 0.1) is 10.1 Å². The number of benzene rings is 1. The highest BCUT2D eigenvalue weighted by Gasteiger charge is 2.17. The van der Waals surface area contributed by atoms with Crippen LogP contribution in [-0.4, -0.2) is 15.8 Å². The first-order valence-electron chi connectivity index (χ1n) is 6.14. The van der Waals surface area contributed by atoms with Gasteiger partial charge in [-0.05, 0) is 36.8 Å². The highest BCUT2D eigenvalue weighted by Crippen LogP contribution is 2.25. The fraction of sp³-hybridized carbons (Fsp3) is 0.143. The molecule has 21 heavy (non-hydrogen) atoms. The normalized spacial score (nSPS) is 11.7. The number of nitro groups is 1. The second-order valence-corrected chi connectivity index (χ2v) is 4.81. The first-order valence-corrected chi connectivity index (χ1v) is 6.51. The number of nitrogens with zero attached hydrogens (tertiary/aromatic N) is 2. The van der Waals surface area contributed by atoms with E-state index in [2.05, 4.69) is 10.3 Å². The van der Waals surface area contributed by atoms with Crippen LogP contribution in [-0.2, 0) is 0 Å². The number of carbonyl (C=O) groups is 1. The van der Waals surface area contributed by atoms with Crippen molar-refractivity contribution >= 4 is 23.2 Å². The zero-order valence-electron chi connectivity index (χ0n) is 11.1. The highest BCUT2D eigenvalue weighted by molar-refractivity contribution is 6.32. The minimum Gasteiger partial charge on any atom is -0.346 e. The van der Waals surface area contributed by atoms with Crippen LogP contribution < -0.4 is 5.32 Å². The van der Waals surface area contributed by atoms with E-state index in [4.69, 9.17) is 11.6 Å². The van der Waals surface area contributed by atoms with Crippen molar-refractivity contribution in [3.63, 3.8) is 0 Å². The van der Waals surface area contributed by atoms with Crippen LogP contribution >= 0.6 is 11.6 Å². The molecule has 0 aliphatic carbocycles. The topological polar surface area (TPSA) is 85.1 Å². The van der Waals surface area contributed by atoms with Crippen molar-refractivity contribution < 1.29 is 9.72 Å². The molecule has 1 atom stereocenters. The summed E-state index contributed by atoms with van der Waals surface area (Å²) in [5, 5.41) is 13.6. The number of amides is 1. The van der Waals surface area contributed by atoms with Gasteiger partial charge >= 0.3 is 0 Å². The van der Waals surface area contributed by atoms with Crippen LogP contribution in [0.4, 0.5) is 5.69 Å². The Morgan fingerprint density at radius 2 is 2.00 bits per heavy atom. The first kappa shape index (κ1) is 14.9. The van der Waals surface area contributed by atoms with Crippen molar-refractivity contribution in [1.82, 2.24) is 10.3 Å². The van der Waals surface area contributed by atoms with E-state index in [9.17, 15) is 14.9 Å². The number of rotatable bonds is 4. The van der Waals surface area contributed by atoms with Gasteiger partial charge in [0.2, 0.25) is 0 Å². The Bertz CT molecular complexity index is 676. The molecule has 0 saturated carbocycles. The van der Waals surface area contributed by atoms with Gasteiger partial charge in [0.05, 0.1) is 11.0 Å². The number of hydrogen-bond donors (Lipinski definition) is 1. The van der Waals surface area contributed by atoms with Gasteiger partial charge in [-0.25, -0.2) is 0 Å². The number of nitrogens with one attached hydrogen (secondary N) is 1. The number of nitro benzene ring substituents is 1. The Labute approximate surface area is 125 Å². The lowest BCUT2D eigenvalue weighted by Gasteiger charge is -2.14. The lowest BCUT2D eigenvalue weighted by Crippen LogP contribution is -2.26. The molecule has 1 amide bonds. The summed E-state index contributed by atoms with van der Waals surface area (Å²) in [7, 11) is 0. The summed E-state index contributed by atoms with van der Waals surface area (Å²) in [5.41, 5.74) is 0.787. The minimum absolute atomic E-state index is 0.00117. The molecule has 2 rings (SSSR count). The van der Waals surface area contributed by atoms with Crippen LogP contribution in [0.1, 0.15) is 28.9 Å². The van der Waals surface area contributed by atoms with Crippen molar-refractivity contribution in [1.29, 1.82) is 0 Å². The van der Waals surface area contributed by atoms with Crippen LogP contribution in [0.3, 0.4) is 0 Å². The molecule has 1 aromatic heterocycles. The molecule has 0 aliphatic heterocycles. The summed E-state index contributed by atoms with van der Waals surface area (Å²) >= 11 is 5.72. The lowest BCUT2D eigenvalue weighted by atomic mass is 10.1. The molecule has 108 valence electrons. The molecule has 2 aromatic rings. The third-order valence-corrected chi connectivity index (χ3v) is 3.28. The fourth-order valence-electron chi connectivity index (χ4n) is 1.81. The molecule has 0 spiro atoms. The molecule has 0 radical (unpaired) electrons. The largest absolute Gasteiger partial charge is 0.346 e. The van der Waals surface area contributed by atoms with Gasteiger partial charge in [0.15, 0.2) is 0 Å². The third-order valence-electron chi connectivity index (χ3n) is 2.96. The Balaban J connectivity index is 2.17. The molecule has 0 bridgehead atoms. The van der Waals surface area contributed by atoms with Gasteiger partial charge in [-0.2, -0.15) is 0 Å². The van der Waals surface area contributed by atoms with E-state index in [1.165, 1.54) is 12.1 Å². The molecule has 0 fully saturated rings. The standard InChI is InChI=1S/C14H12ClN3O3/c1-9(10-4-6-16-7-5-10)17-14(19)11-2-3-12(15)13(8-11)18(20)21/h2-9H,1H3,(H,17,19). The average molecular weight is 306 g/mol. The lowest BCUT2D eigenvalue weighted by molar-refractivity contribution is -0.384. The Morgan fingerprint density at radius 1 is 1.33 bits per heavy atom. The molecule has 7 heteroatoms. The van der Waals surface area contributed by atoms with Crippen molar-refractivity contribution in [2.45, 2.75) is 13.0 Å². The average Bonchev–Trinajstić information content (AvgIpc) is 2.48. The second kappa shape index (κ2) is 6.32. The van der Waals surface area contributed by atoms with Gasteiger partial charge < -0.3 is 5.32 Å². The number of hydrogen-bond acceptors (Lipinski definition) is 4. The van der Waals surface area contributed by atoms with Gasteiger partial charge in [-0.3, -0.25) is 19.9 Å². The summed E-state index contributed by atoms with van der Waals surface area (Å²) in [6, 6.07) is 7.28. The molecular weight excluding hydrogens is 294 g/mol. The molecule has 1 N–H and O–H groups in total. The van der Waals surface area contributed by atoms with E-state index in [-0.39, 0.29) is 22.3 Å². The van der Waals surface area contributed by atoms with Crippen molar-refractivity contribution in [2.24, 2.45) is 0 Å². The predicted molar refractivity (Wildman–Crippen MR) is 78.2 cm³/mol. The van der Waals surface area contributed by atoms with Gasteiger partial charge in [-0.15, -0.1) is 0 Å². The zero-order chi connectivity index (χ0) is 15.4. The number of halogens is 1. The van der Waals surface area contributed by atoms with E-state index >= 15 is 0 Å². The number of carbonyl (C=O) groups excluding carboxylic acids is 1.